The molecule has 0 aromatic heterocycles. The highest BCUT2D eigenvalue weighted by molar-refractivity contribution is 5.66. The molecule has 6 nitrogen and oxygen atoms in total. The van der Waals surface area contributed by atoms with Gasteiger partial charge in [0.15, 0.2) is 0 Å². The molecule has 0 aliphatic carbocycles. The number of rotatable bonds is 48. The lowest BCUT2D eigenvalue weighted by molar-refractivity contribution is -0.137. The second-order valence-corrected chi connectivity index (χ2v) is 17.9. The molecule has 0 aromatic carbocycles. The van der Waals surface area contributed by atoms with E-state index in [0.717, 1.165) is 26.1 Å². The molecule has 0 aliphatic heterocycles. The van der Waals surface area contributed by atoms with Gasteiger partial charge < -0.3 is 25.2 Å². The minimum Gasteiger partial charge on any atom is -0.481 e. The summed E-state index contributed by atoms with van der Waals surface area (Å²) in [6.07, 6.45) is 59.3. The van der Waals surface area contributed by atoms with Crippen LogP contribution in [0.5, 0.6) is 0 Å². The smallest absolute Gasteiger partial charge is 0.303 e. The van der Waals surface area contributed by atoms with Gasteiger partial charge in [-0.05, 0) is 19.3 Å². The molecule has 0 heterocycles. The van der Waals surface area contributed by atoms with Gasteiger partial charge >= 0.3 is 5.97 Å². The van der Waals surface area contributed by atoms with Gasteiger partial charge in [0.2, 0.25) is 0 Å². The van der Waals surface area contributed by atoms with Crippen LogP contribution >= 0.6 is 0 Å². The van der Waals surface area contributed by atoms with Crippen molar-refractivity contribution in [3.05, 3.63) is 0 Å². The van der Waals surface area contributed by atoms with E-state index in [1.165, 1.54) is 263 Å². The topological polar surface area (TPSA) is 107 Å². The maximum Gasteiger partial charge on any atom is 0.303 e. The number of aliphatic hydroxyl groups excluding tert-OH is 3. The fraction of sp³-hybridized carbons (Fsp3) is 0.981. The van der Waals surface area contributed by atoms with E-state index in [1.807, 2.05) is 0 Å². The predicted molar refractivity (Wildman–Crippen MR) is 259 cm³/mol. The van der Waals surface area contributed by atoms with Gasteiger partial charge in [0.05, 0.1) is 13.2 Å². The van der Waals surface area contributed by atoms with E-state index in [-0.39, 0.29) is 13.2 Å². The molecule has 59 heavy (non-hydrogen) atoms. The Bertz CT molecular complexity index is 670. The van der Waals surface area contributed by atoms with Crippen molar-refractivity contribution in [1.29, 1.82) is 0 Å². The molecular formula is C53H110O6. The number of carboxylic acids is 1. The Balaban J connectivity index is -0.00000101. The van der Waals surface area contributed by atoms with E-state index in [9.17, 15) is 4.79 Å². The average molecular weight is 843 g/mol. The van der Waals surface area contributed by atoms with Crippen molar-refractivity contribution in [3.63, 3.8) is 0 Å². The highest BCUT2D eigenvalue weighted by Gasteiger charge is 1.99. The van der Waals surface area contributed by atoms with Crippen molar-refractivity contribution in [2.75, 3.05) is 26.4 Å². The monoisotopic (exact) mass is 843 g/mol. The highest BCUT2D eigenvalue weighted by atomic mass is 16.5. The normalized spacial score (nSPS) is 11.1. The van der Waals surface area contributed by atoms with Crippen LogP contribution in [-0.2, 0) is 9.53 Å². The summed E-state index contributed by atoms with van der Waals surface area (Å²) < 4.78 is 5.85. The fourth-order valence-corrected chi connectivity index (χ4v) is 7.60. The largest absolute Gasteiger partial charge is 0.481 e. The second kappa shape index (κ2) is 61.6. The molecule has 6 heteroatoms. The van der Waals surface area contributed by atoms with E-state index >= 15 is 0 Å². The Labute approximate surface area is 370 Å². The Morgan fingerprint density at radius 2 is 0.525 bits per heavy atom. The number of ether oxygens (including phenoxy) is 1. The molecule has 0 atom stereocenters. The maximum atomic E-state index is 10.3. The van der Waals surface area contributed by atoms with Gasteiger partial charge in [0, 0.05) is 19.6 Å². The lowest BCUT2D eigenvalue weighted by atomic mass is 10.0. The molecule has 0 unspecified atom stereocenters. The summed E-state index contributed by atoms with van der Waals surface area (Å²) in [7, 11) is 0. The lowest BCUT2D eigenvalue weighted by Crippen LogP contribution is -2.15. The molecule has 0 rings (SSSR count). The van der Waals surface area contributed by atoms with Crippen LogP contribution in [0.3, 0.4) is 0 Å². The van der Waals surface area contributed by atoms with Crippen molar-refractivity contribution in [2.45, 2.75) is 309 Å². The van der Waals surface area contributed by atoms with E-state index in [1.54, 1.807) is 0 Å². The van der Waals surface area contributed by atoms with Crippen LogP contribution in [0.1, 0.15) is 303 Å². The molecule has 0 amide bonds. The van der Waals surface area contributed by atoms with Gasteiger partial charge in [-0.15, -0.1) is 0 Å². The molecule has 0 spiro atoms. The number of hydrogen-bond acceptors (Lipinski definition) is 5. The SMILES string of the molecule is CCCCCCCCCCCCCCCCCC(=O)O.CCCCCCCCCCCCCCCCOCCCCCCCCCCCCCCCC.OCC(O)CO. The number of unbranched alkanes of at least 4 members (excludes halogenated alkanes) is 40. The standard InChI is InChI=1S/C32H66O.C18H36O2.C3H8O3/c1-3-5-7-9-11-13-15-17-19-21-23-25-27-29-31-33-32-30-28-26-24-22-20-18-16-14-12-10-8-6-4-2;1-2-3-4-5-6-7-8-9-10-11-12-13-14-15-16-17-18(19)20;4-1-3(6)2-5/h3-32H2,1-2H3;2-17H2,1H3,(H,19,20);3-6H,1-2H2. The average Bonchev–Trinajstić information content (AvgIpc) is 3.24. The van der Waals surface area contributed by atoms with Gasteiger partial charge in [-0.25, -0.2) is 0 Å². The quantitative estimate of drug-likeness (QED) is 0.0455. The third kappa shape index (κ3) is 69.3. The Kier molecular flexibility index (Phi) is 65.4. The number of aliphatic hydroxyl groups is 3. The minimum absolute atomic E-state index is 0.345. The molecule has 0 radical (unpaired) electrons. The Morgan fingerprint density at radius 1 is 0.339 bits per heavy atom. The molecule has 0 aliphatic rings. The number of hydrogen-bond donors (Lipinski definition) is 4. The van der Waals surface area contributed by atoms with E-state index < -0.39 is 12.1 Å². The van der Waals surface area contributed by atoms with Crippen molar-refractivity contribution in [3.8, 4) is 0 Å². The summed E-state index contributed by atoms with van der Waals surface area (Å²) in [5.41, 5.74) is 0. The van der Waals surface area contributed by atoms with Crippen molar-refractivity contribution in [1.82, 2.24) is 0 Å². The Hall–Kier alpha value is -0.690. The van der Waals surface area contributed by atoms with E-state index in [4.69, 9.17) is 25.2 Å². The lowest BCUT2D eigenvalue weighted by Gasteiger charge is -2.05. The third-order valence-electron chi connectivity index (χ3n) is 11.7. The predicted octanol–water partition coefficient (Wildman–Crippen LogP) is 16.6. The summed E-state index contributed by atoms with van der Waals surface area (Å²) in [4.78, 5) is 10.3. The van der Waals surface area contributed by atoms with Crippen LogP contribution in [0.25, 0.3) is 0 Å². The van der Waals surface area contributed by atoms with Crippen LogP contribution in [0.15, 0.2) is 0 Å². The summed E-state index contributed by atoms with van der Waals surface area (Å²) in [5.74, 6) is -0.653. The van der Waals surface area contributed by atoms with Crippen molar-refractivity contribution < 1.29 is 30.0 Å². The summed E-state index contributed by atoms with van der Waals surface area (Å²) in [6.45, 7) is 8.13. The van der Waals surface area contributed by atoms with Crippen LogP contribution < -0.4 is 0 Å². The first kappa shape index (κ1) is 62.6. The molecule has 0 fully saturated rings. The van der Waals surface area contributed by atoms with Gasteiger partial charge in [-0.2, -0.15) is 0 Å². The van der Waals surface area contributed by atoms with Crippen LogP contribution in [-0.4, -0.2) is 58.9 Å². The molecule has 0 bridgehead atoms. The number of carbonyl (C=O) groups is 1. The molecule has 0 saturated heterocycles. The first-order valence-corrected chi connectivity index (χ1v) is 26.7. The molecule has 0 saturated carbocycles. The first-order valence-electron chi connectivity index (χ1n) is 26.7. The van der Waals surface area contributed by atoms with Gasteiger partial charge in [0.1, 0.15) is 6.10 Å². The van der Waals surface area contributed by atoms with E-state index in [0.29, 0.717) is 6.42 Å². The first-order chi connectivity index (χ1) is 29.0. The van der Waals surface area contributed by atoms with Gasteiger partial charge in [0.25, 0.3) is 0 Å². The zero-order valence-electron chi connectivity index (χ0n) is 40.6. The summed E-state index contributed by atoms with van der Waals surface area (Å²) in [6, 6.07) is 0. The number of carboxylic acid groups (broad SMARTS) is 1. The maximum absolute atomic E-state index is 10.3. The van der Waals surface area contributed by atoms with Gasteiger partial charge in [-0.3, -0.25) is 4.79 Å². The third-order valence-corrected chi connectivity index (χ3v) is 11.7. The molecule has 4 N–H and O–H groups in total. The zero-order chi connectivity index (χ0) is 43.8. The second-order valence-electron chi connectivity index (χ2n) is 17.9. The van der Waals surface area contributed by atoms with Gasteiger partial charge in [-0.1, -0.05) is 278 Å². The molecular weight excluding hydrogens is 733 g/mol. The fourth-order valence-electron chi connectivity index (χ4n) is 7.60. The van der Waals surface area contributed by atoms with E-state index in [2.05, 4.69) is 20.8 Å². The van der Waals surface area contributed by atoms with Crippen LogP contribution in [0, 0.1) is 0 Å². The molecule has 358 valence electrons. The van der Waals surface area contributed by atoms with Crippen molar-refractivity contribution in [2.24, 2.45) is 0 Å². The minimum atomic E-state index is -0.954. The highest BCUT2D eigenvalue weighted by Crippen LogP contribution is 2.16. The van der Waals surface area contributed by atoms with Crippen molar-refractivity contribution >= 4 is 5.97 Å². The summed E-state index contributed by atoms with van der Waals surface area (Å²) >= 11 is 0. The number of aliphatic carboxylic acids is 1. The summed E-state index contributed by atoms with van der Waals surface area (Å²) in [5, 5.41) is 32.5. The van der Waals surface area contributed by atoms with Crippen LogP contribution in [0.2, 0.25) is 0 Å². The Morgan fingerprint density at radius 3 is 0.695 bits per heavy atom. The zero-order valence-corrected chi connectivity index (χ0v) is 40.6. The molecule has 0 aromatic rings. The van der Waals surface area contributed by atoms with Crippen LogP contribution in [0.4, 0.5) is 0 Å².